The van der Waals surface area contributed by atoms with Gasteiger partial charge in [0.15, 0.2) is 11.5 Å². The number of alkyl halides is 3. The molecule has 0 saturated heterocycles. The fourth-order valence-electron chi connectivity index (χ4n) is 3.40. The van der Waals surface area contributed by atoms with Gasteiger partial charge in [0.05, 0.1) is 16.9 Å². The number of hydrogen-bond donors (Lipinski definition) is 0. The first kappa shape index (κ1) is 16.9. The average molecular weight is 385 g/mol. The first-order valence-electron chi connectivity index (χ1n) is 8.71. The van der Waals surface area contributed by atoms with Gasteiger partial charge in [-0.15, -0.1) is 0 Å². The minimum Gasteiger partial charge on any atom is -0.454 e. The van der Waals surface area contributed by atoms with Gasteiger partial charge in [-0.05, 0) is 30.3 Å². The van der Waals surface area contributed by atoms with Crippen molar-refractivity contribution < 1.29 is 22.6 Å². The van der Waals surface area contributed by atoms with Crippen molar-refractivity contribution in [3.05, 3.63) is 48.5 Å². The quantitative estimate of drug-likeness (QED) is 0.638. The predicted octanol–water partition coefficient (Wildman–Crippen LogP) is 4.76. The summed E-state index contributed by atoms with van der Waals surface area (Å²) < 4.78 is 49.9. The molecule has 28 heavy (non-hydrogen) atoms. The summed E-state index contributed by atoms with van der Waals surface area (Å²) in [6, 6.07) is 14.6. The number of fused-ring (bicyclic) bond motifs is 2. The van der Waals surface area contributed by atoms with Crippen molar-refractivity contribution in [2.24, 2.45) is 5.10 Å². The van der Waals surface area contributed by atoms with Gasteiger partial charge in [0.1, 0.15) is 5.71 Å². The topological polar surface area (TPSA) is 47.0 Å². The molecule has 142 valence electrons. The van der Waals surface area contributed by atoms with Gasteiger partial charge in [-0.2, -0.15) is 18.3 Å². The van der Waals surface area contributed by atoms with Gasteiger partial charge in [-0.3, -0.25) is 5.01 Å². The van der Waals surface area contributed by atoms with Gasteiger partial charge in [0.2, 0.25) is 6.79 Å². The lowest BCUT2D eigenvalue weighted by Gasteiger charge is -2.17. The largest absolute Gasteiger partial charge is 0.454 e. The molecule has 3 heterocycles. The maximum absolute atomic E-state index is 13.0. The van der Waals surface area contributed by atoms with Gasteiger partial charge in [-0.1, -0.05) is 18.2 Å². The number of ether oxygens (including phenoxy) is 2. The molecule has 5 nitrogen and oxygen atoms in total. The van der Waals surface area contributed by atoms with Crippen molar-refractivity contribution in [2.45, 2.75) is 12.6 Å². The Morgan fingerprint density at radius 3 is 2.61 bits per heavy atom. The van der Waals surface area contributed by atoms with Crippen molar-refractivity contribution in [3.63, 3.8) is 0 Å². The van der Waals surface area contributed by atoms with E-state index in [1.54, 1.807) is 12.1 Å². The van der Waals surface area contributed by atoms with Crippen molar-refractivity contribution in [1.29, 1.82) is 0 Å². The molecule has 0 N–H and O–H groups in total. The zero-order valence-corrected chi connectivity index (χ0v) is 14.5. The van der Waals surface area contributed by atoms with Crippen LogP contribution in [-0.4, -0.2) is 30.2 Å². The van der Waals surface area contributed by atoms with Crippen LogP contribution in [-0.2, 0) is 0 Å². The number of hydrogen-bond acceptors (Lipinski definition) is 5. The van der Waals surface area contributed by atoms with Crippen LogP contribution in [0.5, 0.6) is 11.5 Å². The predicted molar refractivity (Wildman–Crippen MR) is 98.8 cm³/mol. The van der Waals surface area contributed by atoms with E-state index in [1.165, 1.54) is 5.01 Å². The van der Waals surface area contributed by atoms with Gasteiger partial charge in [0, 0.05) is 23.9 Å². The van der Waals surface area contributed by atoms with Gasteiger partial charge in [-0.25, -0.2) is 4.98 Å². The maximum Gasteiger partial charge on any atom is 0.431 e. The van der Waals surface area contributed by atoms with Crippen LogP contribution in [0.3, 0.4) is 0 Å². The van der Waals surface area contributed by atoms with Crippen molar-refractivity contribution in [3.8, 4) is 22.8 Å². The number of anilines is 1. The summed E-state index contributed by atoms with van der Waals surface area (Å²) in [4.78, 5) is 4.68. The third-order valence-electron chi connectivity index (χ3n) is 4.77. The first-order valence-corrected chi connectivity index (χ1v) is 8.71. The van der Waals surface area contributed by atoms with Gasteiger partial charge >= 0.3 is 6.18 Å². The van der Waals surface area contributed by atoms with Crippen LogP contribution in [0.25, 0.3) is 22.2 Å². The normalized spacial score (nSPS) is 16.0. The molecule has 2 aliphatic heterocycles. The van der Waals surface area contributed by atoms with Crippen LogP contribution in [0.15, 0.2) is 53.6 Å². The van der Waals surface area contributed by atoms with E-state index in [9.17, 15) is 13.2 Å². The maximum atomic E-state index is 13.0. The summed E-state index contributed by atoms with van der Waals surface area (Å²) in [6.07, 6.45) is -4.56. The molecule has 0 aliphatic carbocycles. The standard InChI is InChI=1S/C20H14F3N3O2/c21-20(22,23)19-7-8-26(25-19)16-10-15(24-14-4-2-1-3-13(14)16)12-5-6-17-18(9-12)28-11-27-17/h1-6,9-10H,7-8,11H2. The van der Waals surface area contributed by atoms with E-state index >= 15 is 0 Å². The minimum atomic E-state index is -4.42. The van der Waals surface area contributed by atoms with Crippen LogP contribution in [0, 0.1) is 0 Å². The molecule has 1 aromatic heterocycles. The molecule has 2 aromatic carbocycles. The number of rotatable bonds is 2. The summed E-state index contributed by atoms with van der Waals surface area (Å²) in [7, 11) is 0. The Bertz CT molecular complexity index is 1110. The van der Waals surface area contributed by atoms with E-state index in [1.807, 2.05) is 36.4 Å². The Morgan fingerprint density at radius 1 is 0.964 bits per heavy atom. The Kier molecular flexibility index (Phi) is 3.68. The van der Waals surface area contributed by atoms with Crippen LogP contribution in [0.1, 0.15) is 6.42 Å². The second kappa shape index (κ2) is 6.12. The third kappa shape index (κ3) is 2.81. The Morgan fingerprint density at radius 2 is 1.79 bits per heavy atom. The second-order valence-corrected chi connectivity index (χ2v) is 6.53. The van der Waals surface area contributed by atoms with Crippen molar-refractivity contribution in [1.82, 2.24) is 4.98 Å². The van der Waals surface area contributed by atoms with E-state index in [-0.39, 0.29) is 19.8 Å². The van der Waals surface area contributed by atoms with E-state index in [4.69, 9.17) is 9.47 Å². The Hall–Kier alpha value is -3.29. The monoisotopic (exact) mass is 385 g/mol. The fourth-order valence-corrected chi connectivity index (χ4v) is 3.40. The van der Waals surface area contributed by atoms with E-state index in [0.717, 1.165) is 10.9 Å². The first-order chi connectivity index (χ1) is 13.5. The third-order valence-corrected chi connectivity index (χ3v) is 4.77. The lowest BCUT2D eigenvalue weighted by molar-refractivity contribution is -0.0598. The molecule has 5 rings (SSSR count). The number of para-hydroxylation sites is 1. The highest BCUT2D eigenvalue weighted by molar-refractivity contribution is 5.98. The summed E-state index contributed by atoms with van der Waals surface area (Å²) in [5, 5.41) is 5.98. The minimum absolute atomic E-state index is 0.139. The van der Waals surface area contributed by atoms with Gasteiger partial charge < -0.3 is 9.47 Å². The Balaban J connectivity index is 1.64. The number of aromatic nitrogens is 1. The highest BCUT2D eigenvalue weighted by Crippen LogP contribution is 2.38. The fraction of sp³-hybridized carbons (Fsp3) is 0.200. The zero-order chi connectivity index (χ0) is 19.3. The summed E-state index contributed by atoms with van der Waals surface area (Å²) in [6.45, 7) is 0.335. The summed E-state index contributed by atoms with van der Waals surface area (Å²) in [5.74, 6) is 1.27. The van der Waals surface area contributed by atoms with Crippen LogP contribution in [0.2, 0.25) is 0 Å². The number of benzene rings is 2. The molecular weight excluding hydrogens is 371 g/mol. The van der Waals surface area contributed by atoms with Crippen molar-refractivity contribution >= 4 is 22.3 Å². The summed E-state index contributed by atoms with van der Waals surface area (Å²) >= 11 is 0. The van der Waals surface area contributed by atoms with Crippen LogP contribution < -0.4 is 14.5 Å². The number of pyridine rings is 1. The molecule has 3 aromatic rings. The highest BCUT2D eigenvalue weighted by atomic mass is 19.4. The molecular formula is C20H14F3N3O2. The molecule has 0 radical (unpaired) electrons. The van der Waals surface area contributed by atoms with Crippen LogP contribution >= 0.6 is 0 Å². The van der Waals surface area contributed by atoms with Crippen LogP contribution in [0.4, 0.5) is 18.9 Å². The molecule has 2 aliphatic rings. The molecule has 0 bridgehead atoms. The lowest BCUT2D eigenvalue weighted by Crippen LogP contribution is -2.20. The molecule has 0 atom stereocenters. The molecule has 0 unspecified atom stereocenters. The highest BCUT2D eigenvalue weighted by Gasteiger charge is 2.39. The lowest BCUT2D eigenvalue weighted by atomic mass is 10.1. The average Bonchev–Trinajstić information content (AvgIpc) is 3.35. The number of hydrazone groups is 1. The molecule has 0 amide bonds. The number of nitrogens with zero attached hydrogens (tertiary/aromatic N) is 3. The van der Waals surface area contributed by atoms with E-state index in [0.29, 0.717) is 28.4 Å². The summed E-state index contributed by atoms with van der Waals surface area (Å²) in [5.41, 5.74) is 1.93. The van der Waals surface area contributed by atoms with E-state index in [2.05, 4.69) is 10.1 Å². The zero-order valence-electron chi connectivity index (χ0n) is 14.5. The second-order valence-electron chi connectivity index (χ2n) is 6.53. The number of halogens is 3. The van der Waals surface area contributed by atoms with Crippen molar-refractivity contribution in [2.75, 3.05) is 18.3 Å². The molecule has 0 saturated carbocycles. The SMILES string of the molecule is FC(F)(F)C1=NN(c2cc(-c3ccc4c(c3)OCO4)nc3ccccc23)CC1. The molecule has 0 fully saturated rings. The molecule has 0 spiro atoms. The van der Waals surface area contributed by atoms with E-state index < -0.39 is 11.9 Å². The molecule has 8 heteroatoms. The Labute approximate surface area is 158 Å². The smallest absolute Gasteiger partial charge is 0.431 e. The van der Waals surface area contributed by atoms with Gasteiger partial charge in [0.25, 0.3) is 0 Å².